The van der Waals surface area contributed by atoms with Gasteiger partial charge in [-0.3, -0.25) is 0 Å². The number of piperidine rings is 1. The number of nitrogens with zero attached hydrogens (tertiary/aromatic N) is 3. The van der Waals surface area contributed by atoms with Crippen molar-refractivity contribution in [1.82, 2.24) is 20.2 Å². The van der Waals surface area contributed by atoms with Gasteiger partial charge in [0.25, 0.3) is 0 Å². The summed E-state index contributed by atoms with van der Waals surface area (Å²) in [5.41, 5.74) is 0.210. The normalized spacial score (nSPS) is 19.7. The van der Waals surface area contributed by atoms with E-state index in [1.54, 1.807) is 38.8 Å². The van der Waals surface area contributed by atoms with E-state index in [0.29, 0.717) is 30.6 Å². The van der Waals surface area contributed by atoms with Crippen molar-refractivity contribution in [3.8, 4) is 0 Å². The number of hydrazine groups is 1. The van der Waals surface area contributed by atoms with Gasteiger partial charge in [-0.15, -0.1) is 0 Å². The van der Waals surface area contributed by atoms with E-state index in [1.165, 1.54) is 17.1 Å². The van der Waals surface area contributed by atoms with E-state index < -0.39 is 17.8 Å². The number of halogens is 1. The highest BCUT2D eigenvalue weighted by atomic mass is 35.5. The highest BCUT2D eigenvalue weighted by molar-refractivity contribution is 6.30. The topological polar surface area (TPSA) is 110 Å². The van der Waals surface area contributed by atoms with E-state index in [2.05, 4.69) is 10.1 Å². The average Bonchev–Trinajstić information content (AvgIpc) is 2.98. The summed E-state index contributed by atoms with van der Waals surface area (Å²) in [4.78, 5) is 40.4. The summed E-state index contributed by atoms with van der Waals surface area (Å²) in [5.74, 6) is 0.434. The number of likely N-dealkylation sites (tertiary alicyclic amines) is 1. The van der Waals surface area contributed by atoms with Gasteiger partial charge in [0.1, 0.15) is 5.60 Å². The Morgan fingerprint density at radius 1 is 1.21 bits per heavy atom. The van der Waals surface area contributed by atoms with Crippen molar-refractivity contribution in [2.45, 2.75) is 71.0 Å². The molecule has 2 aliphatic rings. The molecule has 3 rings (SSSR count). The van der Waals surface area contributed by atoms with Gasteiger partial charge in [-0.1, -0.05) is 23.7 Å². The lowest BCUT2D eigenvalue weighted by atomic mass is 9.88. The maximum atomic E-state index is 14.1. The second-order valence-corrected chi connectivity index (χ2v) is 12.7. The molecule has 11 nitrogen and oxygen atoms in total. The Balaban J connectivity index is 1.74. The molecule has 2 saturated heterocycles. The van der Waals surface area contributed by atoms with Gasteiger partial charge in [0.15, 0.2) is 0 Å². The Kier molecular flexibility index (Phi) is 13.7. The average molecular weight is 625 g/mol. The molecule has 2 heterocycles. The maximum Gasteiger partial charge on any atom is 0.429 e. The van der Waals surface area contributed by atoms with E-state index >= 15 is 0 Å². The number of benzene rings is 1. The third-order valence-corrected chi connectivity index (χ3v) is 7.90. The third-order valence-electron chi connectivity index (χ3n) is 7.67. The van der Waals surface area contributed by atoms with E-state index in [0.717, 1.165) is 57.3 Å². The van der Waals surface area contributed by atoms with Crippen molar-refractivity contribution >= 4 is 29.8 Å². The molecule has 3 atom stereocenters. The van der Waals surface area contributed by atoms with Crippen LogP contribution in [0.2, 0.25) is 5.02 Å². The first-order valence-electron chi connectivity index (χ1n) is 15.3. The SMILES string of the molecule is COC(=O)NCCO[C@@H](c1cccc(Cl)c1)C1CCCN(C(=O)N(CCCC2CCCOC2)N(C)C(=O)OC(C)(C)C)C1. The number of alkyl carbamates (subject to hydrolysis) is 1. The van der Waals surface area contributed by atoms with E-state index in [-0.39, 0.29) is 31.2 Å². The quantitative estimate of drug-likeness (QED) is 0.256. The number of methoxy groups -OCH3 is 1. The predicted octanol–water partition coefficient (Wildman–Crippen LogP) is 5.88. The van der Waals surface area contributed by atoms with Gasteiger partial charge in [0.05, 0.1) is 19.8 Å². The van der Waals surface area contributed by atoms with Crippen LogP contribution >= 0.6 is 11.6 Å². The third kappa shape index (κ3) is 11.4. The Bertz CT molecular complexity index is 1050. The van der Waals surface area contributed by atoms with Crippen molar-refractivity contribution in [2.75, 3.05) is 60.2 Å². The van der Waals surface area contributed by atoms with Crippen molar-refractivity contribution in [1.29, 1.82) is 0 Å². The fraction of sp³-hybridized carbons (Fsp3) is 0.710. The van der Waals surface area contributed by atoms with Gasteiger partial charge in [0, 0.05) is 57.4 Å². The first-order valence-corrected chi connectivity index (χ1v) is 15.7. The van der Waals surface area contributed by atoms with Gasteiger partial charge in [-0.2, -0.15) is 0 Å². The highest BCUT2D eigenvalue weighted by Crippen LogP contribution is 2.34. The largest absolute Gasteiger partial charge is 0.453 e. The minimum Gasteiger partial charge on any atom is -0.453 e. The zero-order chi connectivity index (χ0) is 31.4. The van der Waals surface area contributed by atoms with Crippen molar-refractivity contribution < 1.29 is 33.3 Å². The van der Waals surface area contributed by atoms with Crippen LogP contribution in [-0.4, -0.2) is 98.9 Å². The van der Waals surface area contributed by atoms with Crippen LogP contribution in [0.25, 0.3) is 0 Å². The summed E-state index contributed by atoms with van der Waals surface area (Å²) in [5, 5.41) is 6.04. The summed E-state index contributed by atoms with van der Waals surface area (Å²) >= 11 is 6.33. The Labute approximate surface area is 261 Å². The number of rotatable bonds is 10. The van der Waals surface area contributed by atoms with Crippen LogP contribution in [0.4, 0.5) is 14.4 Å². The molecule has 242 valence electrons. The molecule has 2 unspecified atom stereocenters. The molecule has 1 N–H and O–H groups in total. The van der Waals surface area contributed by atoms with Crippen LogP contribution in [0.3, 0.4) is 0 Å². The Hall–Kier alpha value is -2.76. The number of hydrogen-bond acceptors (Lipinski definition) is 7. The molecule has 0 radical (unpaired) electrons. The number of ether oxygens (including phenoxy) is 4. The van der Waals surface area contributed by atoms with Crippen molar-refractivity contribution in [3.05, 3.63) is 34.9 Å². The molecule has 1 aromatic carbocycles. The van der Waals surface area contributed by atoms with Crippen molar-refractivity contribution in [3.63, 3.8) is 0 Å². The number of carbonyl (C=O) groups is 3. The van der Waals surface area contributed by atoms with Gasteiger partial charge < -0.3 is 29.2 Å². The lowest BCUT2D eigenvalue weighted by molar-refractivity contribution is -0.0370. The van der Waals surface area contributed by atoms with Crippen LogP contribution in [0.1, 0.15) is 71.0 Å². The Morgan fingerprint density at radius 3 is 2.67 bits per heavy atom. The number of carbonyl (C=O) groups excluding carboxylic acids is 3. The molecule has 0 saturated carbocycles. The van der Waals surface area contributed by atoms with Crippen molar-refractivity contribution in [2.24, 2.45) is 11.8 Å². The number of urea groups is 1. The summed E-state index contributed by atoms with van der Waals surface area (Å²) in [6.45, 7) is 8.89. The molecule has 2 aliphatic heterocycles. The minimum absolute atomic E-state index is 0.0256. The number of amides is 4. The fourth-order valence-corrected chi connectivity index (χ4v) is 5.76. The van der Waals surface area contributed by atoms with Crippen LogP contribution in [0, 0.1) is 11.8 Å². The summed E-state index contributed by atoms with van der Waals surface area (Å²) in [6, 6.07) is 7.28. The zero-order valence-corrected chi connectivity index (χ0v) is 27.1. The highest BCUT2D eigenvalue weighted by Gasteiger charge is 2.36. The zero-order valence-electron chi connectivity index (χ0n) is 26.3. The first kappa shape index (κ1) is 34.7. The van der Waals surface area contributed by atoms with Gasteiger partial charge in [0.2, 0.25) is 0 Å². The van der Waals surface area contributed by atoms with E-state index in [9.17, 15) is 14.4 Å². The van der Waals surface area contributed by atoms with E-state index in [1.807, 2.05) is 18.2 Å². The predicted molar refractivity (Wildman–Crippen MR) is 164 cm³/mol. The molecular weight excluding hydrogens is 576 g/mol. The molecule has 0 bridgehead atoms. The molecular formula is C31H49ClN4O7. The number of nitrogens with one attached hydrogen (secondary N) is 1. The van der Waals surface area contributed by atoms with Crippen LogP contribution in [0.5, 0.6) is 0 Å². The molecule has 12 heteroatoms. The standard InChI is InChI=1S/C31H49ClN4O7/c1-31(2,3)43-30(39)34(4)36(17-7-10-23-11-9-18-41-22-23)29(38)35-16-8-13-25(21-35)27(24-12-6-14-26(32)20-24)42-19-15-33-28(37)40-5/h6,12,14,20,23,25,27H,7-11,13,15-19,21-22H2,1-5H3,(H,33,37)/t23?,25?,27-/m0/s1. The fourth-order valence-electron chi connectivity index (χ4n) is 5.56. The van der Waals surface area contributed by atoms with E-state index in [4.69, 9.17) is 25.8 Å². The van der Waals surface area contributed by atoms with Gasteiger partial charge >= 0.3 is 18.2 Å². The molecule has 4 amide bonds. The van der Waals surface area contributed by atoms with Crippen LogP contribution < -0.4 is 5.32 Å². The summed E-state index contributed by atoms with van der Waals surface area (Å²) in [7, 11) is 2.90. The summed E-state index contributed by atoms with van der Waals surface area (Å²) in [6.07, 6.45) is 3.99. The van der Waals surface area contributed by atoms with Crippen LogP contribution in [-0.2, 0) is 18.9 Å². The molecule has 43 heavy (non-hydrogen) atoms. The molecule has 0 aliphatic carbocycles. The molecule has 1 aromatic rings. The summed E-state index contributed by atoms with van der Waals surface area (Å²) < 4.78 is 22.2. The monoisotopic (exact) mass is 624 g/mol. The first-order chi connectivity index (χ1) is 20.5. The molecule has 2 fully saturated rings. The maximum absolute atomic E-state index is 14.1. The second-order valence-electron chi connectivity index (χ2n) is 12.2. The minimum atomic E-state index is -0.694. The Morgan fingerprint density at radius 2 is 2.00 bits per heavy atom. The number of hydrogen-bond donors (Lipinski definition) is 1. The lowest BCUT2D eigenvalue weighted by Gasteiger charge is -2.41. The van der Waals surface area contributed by atoms with Gasteiger partial charge in [-0.05, 0) is 82.9 Å². The molecule has 0 aromatic heterocycles. The van der Waals surface area contributed by atoms with Gasteiger partial charge in [-0.25, -0.2) is 24.4 Å². The second kappa shape index (κ2) is 16.9. The lowest BCUT2D eigenvalue weighted by Crippen LogP contribution is -2.56. The van der Waals surface area contributed by atoms with Crippen LogP contribution in [0.15, 0.2) is 24.3 Å². The smallest absolute Gasteiger partial charge is 0.429 e. The molecule has 0 spiro atoms.